The molecule has 2 rings (SSSR count). The number of hydrogen-bond donors (Lipinski definition) is 1. The first-order chi connectivity index (χ1) is 7.83. The van der Waals surface area contributed by atoms with Crippen molar-refractivity contribution in [3.05, 3.63) is 11.9 Å². The van der Waals surface area contributed by atoms with Gasteiger partial charge >= 0.3 is 0 Å². The van der Waals surface area contributed by atoms with E-state index in [1.807, 2.05) is 7.05 Å². The van der Waals surface area contributed by atoms with Crippen LogP contribution in [0.1, 0.15) is 18.7 Å². The minimum Gasteiger partial charge on any atom is -0.376 e. The van der Waals surface area contributed by atoms with Crippen molar-refractivity contribution in [2.45, 2.75) is 19.1 Å². The second-order valence-corrected chi connectivity index (χ2v) is 3.80. The number of rotatable bonds is 4. The number of nitrogens with one attached hydrogen (secondary N) is 1. The number of hydrogen-bond acceptors (Lipinski definition) is 5. The van der Waals surface area contributed by atoms with Crippen molar-refractivity contribution in [2.75, 3.05) is 26.4 Å². The van der Waals surface area contributed by atoms with E-state index in [0.29, 0.717) is 19.8 Å². The standard InChI is InChI=1S/C10H18N4O2/c1-3-11-10(8-6-12-13-14(8)2)9-7-15-4-5-16-9/h6,9-11H,3-5,7H2,1-2H3. The number of aryl methyl sites for hydroxylation is 1. The maximum Gasteiger partial charge on any atom is 0.102 e. The highest BCUT2D eigenvalue weighted by Crippen LogP contribution is 2.20. The number of ether oxygens (including phenoxy) is 2. The Balaban J connectivity index is 2.12. The molecule has 1 N–H and O–H groups in total. The molecule has 2 atom stereocenters. The van der Waals surface area contributed by atoms with Gasteiger partial charge in [-0.05, 0) is 6.54 Å². The van der Waals surface area contributed by atoms with Gasteiger partial charge in [-0.1, -0.05) is 12.1 Å². The summed E-state index contributed by atoms with van der Waals surface area (Å²) in [7, 11) is 1.89. The van der Waals surface area contributed by atoms with E-state index in [-0.39, 0.29) is 12.1 Å². The van der Waals surface area contributed by atoms with Crippen LogP contribution in [-0.2, 0) is 16.5 Å². The van der Waals surface area contributed by atoms with Gasteiger partial charge in [0.1, 0.15) is 6.10 Å². The van der Waals surface area contributed by atoms with E-state index >= 15 is 0 Å². The van der Waals surface area contributed by atoms with Crippen LogP contribution in [-0.4, -0.2) is 47.5 Å². The predicted octanol–water partition coefficient (Wildman–Crippen LogP) is -0.119. The van der Waals surface area contributed by atoms with Gasteiger partial charge in [0.05, 0.1) is 37.8 Å². The molecule has 6 nitrogen and oxygen atoms in total. The van der Waals surface area contributed by atoms with Crippen LogP contribution >= 0.6 is 0 Å². The average molecular weight is 226 g/mol. The van der Waals surface area contributed by atoms with E-state index in [2.05, 4.69) is 22.6 Å². The van der Waals surface area contributed by atoms with E-state index in [9.17, 15) is 0 Å². The Morgan fingerprint density at radius 3 is 3.06 bits per heavy atom. The van der Waals surface area contributed by atoms with E-state index in [0.717, 1.165) is 12.2 Å². The van der Waals surface area contributed by atoms with Crippen molar-refractivity contribution in [3.63, 3.8) is 0 Å². The molecular formula is C10H18N4O2. The SMILES string of the molecule is CCNC(c1cnnn1C)C1COCCO1. The van der Waals surface area contributed by atoms with Crippen LogP contribution in [0.5, 0.6) is 0 Å². The average Bonchev–Trinajstić information content (AvgIpc) is 2.73. The highest BCUT2D eigenvalue weighted by Gasteiger charge is 2.28. The van der Waals surface area contributed by atoms with Gasteiger partial charge in [0, 0.05) is 7.05 Å². The lowest BCUT2D eigenvalue weighted by atomic mass is 10.1. The molecular weight excluding hydrogens is 208 g/mol. The largest absolute Gasteiger partial charge is 0.376 e. The highest BCUT2D eigenvalue weighted by atomic mass is 16.6. The normalized spacial score (nSPS) is 23.2. The van der Waals surface area contributed by atoms with Crippen molar-refractivity contribution in [2.24, 2.45) is 7.05 Å². The van der Waals surface area contributed by atoms with Gasteiger partial charge in [-0.25, -0.2) is 0 Å². The molecule has 0 radical (unpaired) electrons. The molecule has 1 aromatic rings. The molecule has 0 amide bonds. The minimum absolute atomic E-state index is 0.0332. The Hall–Kier alpha value is -0.980. The molecule has 1 saturated heterocycles. The van der Waals surface area contributed by atoms with Crippen LogP contribution in [0.2, 0.25) is 0 Å². The Morgan fingerprint density at radius 2 is 2.50 bits per heavy atom. The van der Waals surface area contributed by atoms with Crippen LogP contribution in [0.4, 0.5) is 0 Å². The summed E-state index contributed by atoms with van der Waals surface area (Å²) in [5, 5.41) is 11.2. The summed E-state index contributed by atoms with van der Waals surface area (Å²) < 4.78 is 12.9. The third-order valence-corrected chi connectivity index (χ3v) is 2.71. The molecule has 0 spiro atoms. The molecule has 1 fully saturated rings. The molecule has 0 bridgehead atoms. The molecule has 0 aliphatic carbocycles. The van der Waals surface area contributed by atoms with Gasteiger partial charge in [0.2, 0.25) is 0 Å². The van der Waals surface area contributed by atoms with Crippen molar-refractivity contribution >= 4 is 0 Å². The molecule has 2 heterocycles. The second-order valence-electron chi connectivity index (χ2n) is 3.80. The Kier molecular flexibility index (Phi) is 3.87. The molecule has 90 valence electrons. The summed E-state index contributed by atoms with van der Waals surface area (Å²) >= 11 is 0. The fraction of sp³-hybridized carbons (Fsp3) is 0.800. The smallest absolute Gasteiger partial charge is 0.102 e. The minimum atomic E-state index is 0.0332. The van der Waals surface area contributed by atoms with Crippen LogP contribution in [0.25, 0.3) is 0 Å². The Labute approximate surface area is 94.9 Å². The first-order valence-electron chi connectivity index (χ1n) is 5.60. The highest BCUT2D eigenvalue weighted by molar-refractivity contribution is 5.05. The third kappa shape index (κ3) is 2.40. The molecule has 16 heavy (non-hydrogen) atoms. The van der Waals surface area contributed by atoms with E-state index in [4.69, 9.17) is 9.47 Å². The van der Waals surface area contributed by atoms with Crippen molar-refractivity contribution in [3.8, 4) is 0 Å². The predicted molar refractivity (Wildman–Crippen MR) is 58.0 cm³/mol. The number of aromatic nitrogens is 3. The fourth-order valence-corrected chi connectivity index (χ4v) is 1.92. The number of likely N-dealkylation sites (N-methyl/N-ethyl adjacent to an activating group) is 1. The molecule has 0 saturated carbocycles. The van der Waals surface area contributed by atoms with Gasteiger partial charge < -0.3 is 14.8 Å². The van der Waals surface area contributed by atoms with Gasteiger partial charge in [-0.2, -0.15) is 0 Å². The summed E-state index contributed by atoms with van der Waals surface area (Å²) in [6.07, 6.45) is 1.80. The zero-order chi connectivity index (χ0) is 11.4. The molecule has 2 unspecified atom stereocenters. The van der Waals surface area contributed by atoms with E-state index in [1.165, 1.54) is 0 Å². The summed E-state index contributed by atoms with van der Waals surface area (Å²) in [6, 6.07) is 0.0882. The maximum atomic E-state index is 5.72. The summed E-state index contributed by atoms with van der Waals surface area (Å²) in [5.41, 5.74) is 1.03. The van der Waals surface area contributed by atoms with Crippen LogP contribution in [0.3, 0.4) is 0 Å². The molecule has 0 aromatic carbocycles. The van der Waals surface area contributed by atoms with Gasteiger partial charge in [-0.3, -0.25) is 4.68 Å². The van der Waals surface area contributed by atoms with E-state index in [1.54, 1.807) is 10.9 Å². The molecule has 1 aliphatic rings. The lowest BCUT2D eigenvalue weighted by molar-refractivity contribution is -0.103. The molecule has 6 heteroatoms. The first kappa shape index (κ1) is 11.5. The number of nitrogens with zero attached hydrogens (tertiary/aromatic N) is 3. The second kappa shape index (κ2) is 5.38. The van der Waals surface area contributed by atoms with Crippen molar-refractivity contribution in [1.82, 2.24) is 20.3 Å². The van der Waals surface area contributed by atoms with Crippen LogP contribution in [0.15, 0.2) is 6.20 Å². The lowest BCUT2D eigenvalue weighted by Gasteiger charge is -2.30. The Bertz CT molecular complexity index is 322. The summed E-state index contributed by atoms with van der Waals surface area (Å²) in [5.74, 6) is 0. The van der Waals surface area contributed by atoms with Gasteiger partial charge in [-0.15, -0.1) is 5.10 Å². The maximum absolute atomic E-state index is 5.72. The first-order valence-corrected chi connectivity index (χ1v) is 5.60. The topological polar surface area (TPSA) is 61.2 Å². The fourth-order valence-electron chi connectivity index (χ4n) is 1.92. The van der Waals surface area contributed by atoms with E-state index < -0.39 is 0 Å². The van der Waals surface area contributed by atoms with Gasteiger partial charge in [0.15, 0.2) is 0 Å². The summed E-state index contributed by atoms with van der Waals surface area (Å²) in [4.78, 5) is 0. The molecule has 1 aliphatic heterocycles. The van der Waals surface area contributed by atoms with Crippen molar-refractivity contribution < 1.29 is 9.47 Å². The summed E-state index contributed by atoms with van der Waals surface area (Å²) in [6.45, 7) is 4.88. The van der Waals surface area contributed by atoms with Crippen LogP contribution in [0, 0.1) is 0 Å². The Morgan fingerprint density at radius 1 is 1.62 bits per heavy atom. The van der Waals surface area contributed by atoms with Crippen LogP contribution < -0.4 is 5.32 Å². The van der Waals surface area contributed by atoms with Gasteiger partial charge in [0.25, 0.3) is 0 Å². The quantitative estimate of drug-likeness (QED) is 0.775. The molecule has 1 aromatic heterocycles. The lowest BCUT2D eigenvalue weighted by Crippen LogP contribution is -2.41. The monoisotopic (exact) mass is 226 g/mol. The zero-order valence-corrected chi connectivity index (χ0v) is 9.72. The zero-order valence-electron chi connectivity index (χ0n) is 9.72. The van der Waals surface area contributed by atoms with Crippen molar-refractivity contribution in [1.29, 1.82) is 0 Å². The third-order valence-electron chi connectivity index (χ3n) is 2.71.